The van der Waals surface area contributed by atoms with E-state index in [1.165, 1.54) is 18.2 Å². The standard InChI is InChI=1S/C12H16FNOS/c1-3-4-8(2)14-12(15)9-5-6-10(13)11(16)7-9/h5-8,16H,3-4H2,1-2H3,(H,14,15). The first-order chi connectivity index (χ1) is 7.54. The third-order valence-electron chi connectivity index (χ3n) is 2.31. The highest BCUT2D eigenvalue weighted by Gasteiger charge is 2.10. The van der Waals surface area contributed by atoms with E-state index in [0.717, 1.165) is 12.8 Å². The molecule has 0 bridgehead atoms. The van der Waals surface area contributed by atoms with E-state index in [-0.39, 0.29) is 16.8 Å². The molecule has 2 nitrogen and oxygen atoms in total. The van der Waals surface area contributed by atoms with Gasteiger partial charge in [-0.25, -0.2) is 4.39 Å². The van der Waals surface area contributed by atoms with E-state index in [0.29, 0.717) is 5.56 Å². The maximum absolute atomic E-state index is 12.9. The zero-order valence-electron chi connectivity index (χ0n) is 9.46. The van der Waals surface area contributed by atoms with Gasteiger partial charge in [-0.1, -0.05) is 13.3 Å². The lowest BCUT2D eigenvalue weighted by Gasteiger charge is -2.12. The van der Waals surface area contributed by atoms with Crippen LogP contribution in [0.15, 0.2) is 23.1 Å². The predicted octanol–water partition coefficient (Wildman–Crippen LogP) is 3.03. The molecule has 0 aromatic heterocycles. The van der Waals surface area contributed by atoms with Crippen molar-refractivity contribution in [1.82, 2.24) is 5.32 Å². The Morgan fingerprint density at radius 3 is 2.81 bits per heavy atom. The second-order valence-corrected chi connectivity index (χ2v) is 4.31. The van der Waals surface area contributed by atoms with E-state index in [4.69, 9.17) is 0 Å². The molecule has 0 aliphatic rings. The zero-order chi connectivity index (χ0) is 12.1. The fraction of sp³-hybridized carbons (Fsp3) is 0.417. The predicted molar refractivity (Wildman–Crippen MR) is 65.5 cm³/mol. The first-order valence-electron chi connectivity index (χ1n) is 5.34. The normalized spacial score (nSPS) is 12.2. The van der Waals surface area contributed by atoms with Crippen LogP contribution < -0.4 is 5.32 Å². The molecule has 0 heterocycles. The summed E-state index contributed by atoms with van der Waals surface area (Å²) in [6.45, 7) is 4.01. The average Bonchev–Trinajstić information content (AvgIpc) is 2.22. The van der Waals surface area contributed by atoms with E-state index in [2.05, 4.69) is 24.9 Å². The fourth-order valence-corrected chi connectivity index (χ4v) is 1.68. The first kappa shape index (κ1) is 13.0. The van der Waals surface area contributed by atoms with Crippen LogP contribution in [-0.2, 0) is 0 Å². The summed E-state index contributed by atoms with van der Waals surface area (Å²) >= 11 is 3.94. The Hall–Kier alpha value is -1.03. The Bertz CT molecular complexity index is 381. The highest BCUT2D eigenvalue weighted by Crippen LogP contribution is 2.14. The number of carbonyl (C=O) groups is 1. The van der Waals surface area contributed by atoms with Crippen molar-refractivity contribution in [3.63, 3.8) is 0 Å². The third kappa shape index (κ3) is 3.52. The molecule has 1 aromatic rings. The van der Waals surface area contributed by atoms with Crippen molar-refractivity contribution in [2.24, 2.45) is 0 Å². The van der Waals surface area contributed by atoms with Crippen molar-refractivity contribution in [2.75, 3.05) is 0 Å². The van der Waals surface area contributed by atoms with Crippen LogP contribution in [0.1, 0.15) is 37.0 Å². The van der Waals surface area contributed by atoms with Gasteiger partial charge in [0.15, 0.2) is 0 Å². The smallest absolute Gasteiger partial charge is 0.251 e. The summed E-state index contributed by atoms with van der Waals surface area (Å²) in [5.41, 5.74) is 0.439. The van der Waals surface area contributed by atoms with Gasteiger partial charge < -0.3 is 5.32 Å². The number of nitrogens with one attached hydrogen (secondary N) is 1. The number of halogens is 1. The lowest BCUT2D eigenvalue weighted by Crippen LogP contribution is -2.32. The van der Waals surface area contributed by atoms with Gasteiger partial charge in [0.05, 0.1) is 0 Å². The minimum absolute atomic E-state index is 0.130. The van der Waals surface area contributed by atoms with Crippen molar-refractivity contribution in [3.05, 3.63) is 29.6 Å². The Labute approximate surface area is 101 Å². The van der Waals surface area contributed by atoms with Gasteiger partial charge in [0.2, 0.25) is 0 Å². The van der Waals surface area contributed by atoms with Crippen LogP contribution in [0, 0.1) is 5.82 Å². The van der Waals surface area contributed by atoms with Gasteiger partial charge in [-0.05, 0) is 31.5 Å². The van der Waals surface area contributed by atoms with E-state index in [1.54, 1.807) is 0 Å². The minimum atomic E-state index is -0.415. The van der Waals surface area contributed by atoms with Crippen LogP contribution >= 0.6 is 12.6 Å². The number of benzene rings is 1. The molecule has 1 N–H and O–H groups in total. The van der Waals surface area contributed by atoms with Gasteiger partial charge in [-0.15, -0.1) is 12.6 Å². The van der Waals surface area contributed by atoms with Crippen molar-refractivity contribution >= 4 is 18.5 Å². The molecule has 0 saturated carbocycles. The molecule has 1 unspecified atom stereocenters. The van der Waals surface area contributed by atoms with Gasteiger partial charge in [0.25, 0.3) is 5.91 Å². The summed E-state index contributed by atoms with van der Waals surface area (Å²) in [5, 5.41) is 2.85. The molecule has 0 spiro atoms. The van der Waals surface area contributed by atoms with Gasteiger partial charge >= 0.3 is 0 Å². The van der Waals surface area contributed by atoms with Gasteiger partial charge in [-0.2, -0.15) is 0 Å². The number of amides is 1. The van der Waals surface area contributed by atoms with Crippen molar-refractivity contribution in [1.29, 1.82) is 0 Å². The zero-order valence-corrected chi connectivity index (χ0v) is 10.4. The molecule has 0 aliphatic heterocycles. The molecule has 0 radical (unpaired) electrons. The van der Waals surface area contributed by atoms with Crippen LogP contribution in [0.5, 0.6) is 0 Å². The van der Waals surface area contributed by atoms with Crippen molar-refractivity contribution < 1.29 is 9.18 Å². The molecule has 0 saturated heterocycles. The monoisotopic (exact) mass is 241 g/mol. The second-order valence-electron chi connectivity index (χ2n) is 3.83. The van der Waals surface area contributed by atoms with Gasteiger partial charge in [-0.3, -0.25) is 4.79 Å². The highest BCUT2D eigenvalue weighted by molar-refractivity contribution is 7.80. The quantitative estimate of drug-likeness (QED) is 0.779. The summed E-state index contributed by atoms with van der Waals surface area (Å²) in [7, 11) is 0. The minimum Gasteiger partial charge on any atom is -0.350 e. The first-order valence-corrected chi connectivity index (χ1v) is 5.78. The Balaban J connectivity index is 2.69. The van der Waals surface area contributed by atoms with Gasteiger partial charge in [0, 0.05) is 16.5 Å². The number of hydrogen-bond donors (Lipinski definition) is 2. The Morgan fingerprint density at radius 2 is 2.25 bits per heavy atom. The molecular weight excluding hydrogens is 225 g/mol. The molecule has 88 valence electrons. The summed E-state index contributed by atoms with van der Waals surface area (Å²) in [6, 6.07) is 4.28. The number of hydrogen-bond acceptors (Lipinski definition) is 2. The van der Waals surface area contributed by atoms with Crippen LogP contribution in [-0.4, -0.2) is 11.9 Å². The molecule has 1 atom stereocenters. The molecule has 16 heavy (non-hydrogen) atoms. The number of rotatable bonds is 4. The largest absolute Gasteiger partial charge is 0.350 e. The highest BCUT2D eigenvalue weighted by atomic mass is 32.1. The molecule has 1 amide bonds. The fourth-order valence-electron chi connectivity index (χ4n) is 1.47. The summed E-state index contributed by atoms with van der Waals surface area (Å²) in [6.07, 6.45) is 1.95. The maximum Gasteiger partial charge on any atom is 0.251 e. The maximum atomic E-state index is 12.9. The Morgan fingerprint density at radius 1 is 1.56 bits per heavy atom. The SMILES string of the molecule is CCCC(C)NC(=O)c1ccc(F)c(S)c1. The molecule has 0 aliphatic carbocycles. The summed E-state index contributed by atoms with van der Waals surface area (Å²) in [5.74, 6) is -0.599. The molecule has 0 fully saturated rings. The van der Waals surface area contributed by atoms with Crippen molar-refractivity contribution in [2.45, 2.75) is 37.6 Å². The van der Waals surface area contributed by atoms with E-state index in [1.807, 2.05) is 6.92 Å². The van der Waals surface area contributed by atoms with E-state index >= 15 is 0 Å². The van der Waals surface area contributed by atoms with Crippen LogP contribution in [0.2, 0.25) is 0 Å². The van der Waals surface area contributed by atoms with Crippen LogP contribution in [0.3, 0.4) is 0 Å². The van der Waals surface area contributed by atoms with Crippen LogP contribution in [0.4, 0.5) is 4.39 Å². The summed E-state index contributed by atoms with van der Waals surface area (Å²) < 4.78 is 12.9. The second kappa shape index (κ2) is 5.89. The molecule has 1 aromatic carbocycles. The molecule has 1 rings (SSSR count). The lowest BCUT2D eigenvalue weighted by atomic mass is 10.1. The number of carbonyl (C=O) groups excluding carboxylic acids is 1. The van der Waals surface area contributed by atoms with Gasteiger partial charge in [0.1, 0.15) is 5.82 Å². The molecular formula is C12H16FNOS. The Kier molecular flexibility index (Phi) is 4.80. The summed E-state index contributed by atoms with van der Waals surface area (Å²) in [4.78, 5) is 11.9. The third-order valence-corrected chi connectivity index (χ3v) is 2.65. The van der Waals surface area contributed by atoms with Crippen molar-refractivity contribution in [3.8, 4) is 0 Å². The van der Waals surface area contributed by atoms with Crippen LogP contribution in [0.25, 0.3) is 0 Å². The number of thiol groups is 1. The lowest BCUT2D eigenvalue weighted by molar-refractivity contribution is 0.0938. The van der Waals surface area contributed by atoms with E-state index in [9.17, 15) is 9.18 Å². The topological polar surface area (TPSA) is 29.1 Å². The van der Waals surface area contributed by atoms with E-state index < -0.39 is 5.82 Å². The molecule has 4 heteroatoms. The average molecular weight is 241 g/mol.